The molecule has 0 spiro atoms. The molecule has 4 nitrogen and oxygen atoms in total. The number of rotatable bonds is 2. The van der Waals surface area contributed by atoms with Crippen LogP contribution in [0.2, 0.25) is 0 Å². The number of hydrogen-bond donors (Lipinski definition) is 0. The summed E-state index contributed by atoms with van der Waals surface area (Å²) < 4.78 is 4.06. The van der Waals surface area contributed by atoms with Gasteiger partial charge in [0.1, 0.15) is 6.07 Å². The van der Waals surface area contributed by atoms with E-state index in [0.717, 1.165) is 11.6 Å². The highest BCUT2D eigenvalue weighted by Gasteiger charge is 2.04. The van der Waals surface area contributed by atoms with E-state index in [1.54, 1.807) is 12.1 Å². The summed E-state index contributed by atoms with van der Waals surface area (Å²) in [7, 11) is 0. The number of allylic oxidation sites excluding steroid dienone is 1. The molecule has 0 radical (unpaired) electrons. The van der Waals surface area contributed by atoms with Gasteiger partial charge in [-0.25, -0.2) is 4.79 Å². The Morgan fingerprint density at radius 2 is 1.94 bits per heavy atom. The van der Waals surface area contributed by atoms with E-state index in [1.165, 1.54) is 6.26 Å². The molecular formula is C12H8N2O2. The average molecular weight is 212 g/mol. The Morgan fingerprint density at radius 1 is 1.31 bits per heavy atom. The van der Waals surface area contributed by atoms with Crippen LogP contribution >= 0.6 is 0 Å². The van der Waals surface area contributed by atoms with Crippen LogP contribution in [0.4, 0.5) is 0 Å². The van der Waals surface area contributed by atoms with E-state index in [1.807, 2.05) is 25.1 Å². The molecule has 78 valence electrons. The van der Waals surface area contributed by atoms with Crippen LogP contribution < -0.4 is 0 Å². The van der Waals surface area contributed by atoms with Gasteiger partial charge in [-0.15, -0.1) is 5.26 Å². The minimum absolute atomic E-state index is 0.167. The molecule has 1 aromatic carbocycles. The van der Waals surface area contributed by atoms with Crippen LogP contribution in [-0.2, 0) is 9.53 Å². The molecule has 0 saturated carbocycles. The number of carbonyl (C=O) groups excluding carboxylic acids is 1. The van der Waals surface area contributed by atoms with E-state index >= 15 is 0 Å². The van der Waals surface area contributed by atoms with Gasteiger partial charge < -0.3 is 4.74 Å². The standard InChI is InChI=1S/C12H8N2O2/c1-9-2-4-10(5-3-9)11(7-13)6-12(15)16-8-14/h2-6H,1H3. The predicted molar refractivity (Wildman–Crippen MR) is 56.5 cm³/mol. The van der Waals surface area contributed by atoms with Crippen LogP contribution in [-0.4, -0.2) is 5.97 Å². The van der Waals surface area contributed by atoms with Crippen molar-refractivity contribution in [2.75, 3.05) is 0 Å². The molecule has 0 atom stereocenters. The molecule has 0 saturated heterocycles. The third-order valence-corrected chi connectivity index (χ3v) is 1.89. The Balaban J connectivity index is 3.01. The van der Waals surface area contributed by atoms with Crippen LogP contribution in [0.3, 0.4) is 0 Å². The van der Waals surface area contributed by atoms with Gasteiger partial charge in [-0.2, -0.15) is 5.26 Å². The summed E-state index contributed by atoms with van der Waals surface area (Å²) in [6.07, 6.45) is 2.25. The minimum Gasteiger partial charge on any atom is -0.347 e. The first-order valence-corrected chi connectivity index (χ1v) is 4.46. The fourth-order valence-electron chi connectivity index (χ4n) is 1.11. The zero-order chi connectivity index (χ0) is 12.0. The summed E-state index contributed by atoms with van der Waals surface area (Å²) in [5, 5.41) is 17.0. The zero-order valence-electron chi connectivity index (χ0n) is 8.60. The lowest BCUT2D eigenvalue weighted by molar-refractivity contribution is -0.131. The first kappa shape index (κ1) is 11.5. The highest BCUT2D eigenvalue weighted by molar-refractivity contribution is 5.95. The van der Waals surface area contributed by atoms with Gasteiger partial charge in [-0.05, 0) is 12.5 Å². The lowest BCUT2D eigenvalue weighted by atomic mass is 10.1. The maximum atomic E-state index is 11.0. The second-order valence-electron chi connectivity index (χ2n) is 3.05. The van der Waals surface area contributed by atoms with E-state index in [9.17, 15) is 4.79 Å². The largest absolute Gasteiger partial charge is 0.347 e. The summed E-state index contributed by atoms with van der Waals surface area (Å²) >= 11 is 0. The Hall–Kier alpha value is -2.59. The Morgan fingerprint density at radius 3 is 2.44 bits per heavy atom. The van der Waals surface area contributed by atoms with Gasteiger partial charge in [0.25, 0.3) is 6.26 Å². The van der Waals surface area contributed by atoms with E-state index in [0.29, 0.717) is 5.56 Å². The molecule has 0 bridgehead atoms. The van der Waals surface area contributed by atoms with Gasteiger partial charge >= 0.3 is 5.97 Å². The fourth-order valence-corrected chi connectivity index (χ4v) is 1.11. The van der Waals surface area contributed by atoms with Crippen molar-refractivity contribution in [1.82, 2.24) is 0 Å². The van der Waals surface area contributed by atoms with Gasteiger partial charge in [0, 0.05) is 6.08 Å². The first-order chi connectivity index (χ1) is 7.67. The SMILES string of the molecule is Cc1ccc(C(C#N)=CC(=O)OC#N)cc1. The van der Waals surface area contributed by atoms with Crippen molar-refractivity contribution >= 4 is 11.5 Å². The van der Waals surface area contributed by atoms with Crippen molar-refractivity contribution in [2.45, 2.75) is 6.92 Å². The van der Waals surface area contributed by atoms with Crippen molar-refractivity contribution in [1.29, 1.82) is 10.5 Å². The predicted octanol–water partition coefficient (Wildman–Crippen LogP) is 1.93. The normalized spacial score (nSPS) is 10.1. The molecule has 0 aliphatic rings. The van der Waals surface area contributed by atoms with Crippen molar-refractivity contribution in [3.63, 3.8) is 0 Å². The van der Waals surface area contributed by atoms with Gasteiger partial charge in [0.15, 0.2) is 0 Å². The molecule has 4 heteroatoms. The topological polar surface area (TPSA) is 73.9 Å². The fraction of sp³-hybridized carbons (Fsp3) is 0.0833. The number of nitrogens with zero attached hydrogens (tertiary/aromatic N) is 2. The molecular weight excluding hydrogens is 204 g/mol. The molecule has 0 aliphatic heterocycles. The van der Waals surface area contributed by atoms with Crippen molar-refractivity contribution in [2.24, 2.45) is 0 Å². The second-order valence-corrected chi connectivity index (χ2v) is 3.05. The monoisotopic (exact) mass is 212 g/mol. The summed E-state index contributed by atoms with van der Waals surface area (Å²) in [5.74, 6) is -0.848. The number of aryl methyl sites for hydroxylation is 1. The Bertz CT molecular complexity index is 501. The smallest absolute Gasteiger partial charge is 0.347 e. The first-order valence-electron chi connectivity index (χ1n) is 4.46. The Labute approximate surface area is 93.0 Å². The van der Waals surface area contributed by atoms with E-state index in [2.05, 4.69) is 4.74 Å². The zero-order valence-corrected chi connectivity index (χ0v) is 8.60. The summed E-state index contributed by atoms with van der Waals surface area (Å²) in [4.78, 5) is 11.0. The van der Waals surface area contributed by atoms with Crippen LogP contribution in [0.5, 0.6) is 0 Å². The number of hydrogen-bond acceptors (Lipinski definition) is 4. The highest BCUT2D eigenvalue weighted by Crippen LogP contribution is 2.14. The van der Waals surface area contributed by atoms with Crippen LogP contribution in [0.15, 0.2) is 30.3 Å². The van der Waals surface area contributed by atoms with Gasteiger partial charge in [0.05, 0.1) is 5.57 Å². The molecule has 1 rings (SSSR count). The Kier molecular flexibility index (Phi) is 3.83. The molecule has 16 heavy (non-hydrogen) atoms. The van der Waals surface area contributed by atoms with Crippen LogP contribution in [0, 0.1) is 29.8 Å². The van der Waals surface area contributed by atoms with Crippen molar-refractivity contribution in [3.8, 4) is 12.3 Å². The molecule has 0 fully saturated rings. The summed E-state index contributed by atoms with van der Waals surface area (Å²) in [6.45, 7) is 1.92. The number of ether oxygens (including phenoxy) is 1. The highest BCUT2D eigenvalue weighted by atomic mass is 16.5. The number of esters is 1. The molecule has 0 amide bonds. The van der Waals surface area contributed by atoms with E-state index < -0.39 is 5.97 Å². The summed E-state index contributed by atoms with van der Waals surface area (Å²) in [6, 6.07) is 8.99. The molecule has 1 aromatic rings. The molecule has 0 heterocycles. The lowest BCUT2D eigenvalue weighted by Crippen LogP contribution is -1.96. The van der Waals surface area contributed by atoms with Crippen molar-refractivity contribution < 1.29 is 9.53 Å². The summed E-state index contributed by atoms with van der Waals surface area (Å²) in [5.41, 5.74) is 1.84. The molecule has 0 unspecified atom stereocenters. The maximum Gasteiger partial charge on any atom is 0.347 e. The third-order valence-electron chi connectivity index (χ3n) is 1.89. The number of nitriles is 2. The molecule has 0 N–H and O–H groups in total. The van der Waals surface area contributed by atoms with Gasteiger partial charge in [-0.1, -0.05) is 29.8 Å². The average Bonchev–Trinajstić information content (AvgIpc) is 2.27. The molecule has 0 aromatic heterocycles. The quantitative estimate of drug-likeness (QED) is 0.325. The van der Waals surface area contributed by atoms with Crippen LogP contribution in [0.25, 0.3) is 5.57 Å². The van der Waals surface area contributed by atoms with Crippen LogP contribution in [0.1, 0.15) is 11.1 Å². The number of carbonyl (C=O) groups is 1. The second kappa shape index (κ2) is 5.33. The molecule has 0 aliphatic carbocycles. The maximum absolute atomic E-state index is 11.0. The van der Waals surface area contributed by atoms with E-state index in [-0.39, 0.29) is 5.57 Å². The van der Waals surface area contributed by atoms with Crippen molar-refractivity contribution in [3.05, 3.63) is 41.5 Å². The van der Waals surface area contributed by atoms with Gasteiger partial charge in [-0.3, -0.25) is 0 Å². The lowest BCUT2D eigenvalue weighted by Gasteiger charge is -1.98. The van der Waals surface area contributed by atoms with Gasteiger partial charge in [0.2, 0.25) is 0 Å². The third kappa shape index (κ3) is 2.97. The minimum atomic E-state index is -0.848. The number of benzene rings is 1. The van der Waals surface area contributed by atoms with E-state index in [4.69, 9.17) is 10.5 Å².